The normalized spacial score (nSPS) is 38.3. The van der Waals surface area contributed by atoms with Crippen molar-refractivity contribution in [2.75, 3.05) is 13.2 Å². The first-order chi connectivity index (χ1) is 9.24. The summed E-state index contributed by atoms with van der Waals surface area (Å²) in [6.45, 7) is 3.55. The predicted octanol–water partition coefficient (Wildman–Crippen LogP) is -1.92. The van der Waals surface area contributed by atoms with Gasteiger partial charge >= 0.3 is 0 Å². The van der Waals surface area contributed by atoms with Gasteiger partial charge in [-0.25, -0.2) is 0 Å². The molecule has 2 heterocycles. The molecule has 0 aromatic heterocycles. The molecule has 0 aliphatic carbocycles. The van der Waals surface area contributed by atoms with Crippen LogP contribution in [0.2, 0.25) is 0 Å². The topological polar surface area (TPSA) is 117 Å². The maximum Gasteiger partial charge on any atom is 0.217 e. The van der Waals surface area contributed by atoms with Crippen LogP contribution in [0.4, 0.5) is 0 Å². The third kappa shape index (κ3) is 2.54. The molecule has 4 atom stereocenters. The van der Waals surface area contributed by atoms with Gasteiger partial charge in [0.25, 0.3) is 0 Å². The van der Waals surface area contributed by atoms with Crippen LogP contribution in [-0.2, 0) is 19.0 Å². The molecule has 2 saturated heterocycles. The van der Waals surface area contributed by atoms with Gasteiger partial charge in [-0.2, -0.15) is 0 Å². The van der Waals surface area contributed by atoms with Crippen LogP contribution in [0, 0.1) is 0 Å². The van der Waals surface area contributed by atoms with E-state index in [9.17, 15) is 20.1 Å². The number of fused-ring (bicyclic) bond motifs is 1. The lowest BCUT2D eigenvalue weighted by atomic mass is 9.86. The molecule has 4 N–H and O–H groups in total. The fraction of sp³-hybridized carbons (Fsp3) is 0.917. The van der Waals surface area contributed by atoms with Crippen molar-refractivity contribution in [3.05, 3.63) is 0 Å². The largest absolute Gasteiger partial charge is 0.393 e. The summed E-state index contributed by atoms with van der Waals surface area (Å²) < 4.78 is 16.7. The van der Waals surface area contributed by atoms with E-state index < -0.39 is 49.1 Å². The van der Waals surface area contributed by atoms with Crippen LogP contribution in [0.5, 0.6) is 0 Å². The molecule has 0 saturated carbocycles. The molecule has 116 valence electrons. The first kappa shape index (κ1) is 15.6. The highest BCUT2D eigenvalue weighted by Gasteiger charge is 2.61. The van der Waals surface area contributed by atoms with Gasteiger partial charge in [-0.1, -0.05) is 0 Å². The third-order valence-electron chi connectivity index (χ3n) is 3.57. The van der Waals surface area contributed by atoms with Crippen molar-refractivity contribution in [2.24, 2.45) is 0 Å². The Kier molecular flexibility index (Phi) is 4.07. The molecule has 20 heavy (non-hydrogen) atoms. The summed E-state index contributed by atoms with van der Waals surface area (Å²) in [6.07, 6.45) is -2.97. The van der Waals surface area contributed by atoms with Gasteiger partial charge < -0.3 is 34.8 Å². The lowest BCUT2D eigenvalue weighted by Gasteiger charge is -2.46. The van der Waals surface area contributed by atoms with Gasteiger partial charge in [0.05, 0.1) is 13.2 Å². The monoisotopic (exact) mass is 291 g/mol. The Bertz CT molecular complexity index is 382. The van der Waals surface area contributed by atoms with Gasteiger partial charge in [-0.3, -0.25) is 4.79 Å². The molecule has 0 bridgehead atoms. The van der Waals surface area contributed by atoms with E-state index in [0.717, 1.165) is 0 Å². The van der Waals surface area contributed by atoms with Gasteiger partial charge in [-0.05, 0) is 13.8 Å². The number of rotatable bonds is 3. The molecule has 0 aromatic rings. The summed E-state index contributed by atoms with van der Waals surface area (Å²) >= 11 is 0. The number of hydrogen-bond acceptors (Lipinski definition) is 7. The van der Waals surface area contributed by atoms with E-state index in [1.165, 1.54) is 6.92 Å². The standard InChI is InChI=1S/C12H21NO7/c1-6(16)13-7-8-9(19-11(2,3)18-8)12(4-14,5-15)20-10(7)17/h7-10,14-15,17H,4-5H2,1-3H3,(H,13,16)/t7-,8?,9?,10?/m0/s1. The molecule has 2 aliphatic heterocycles. The van der Waals surface area contributed by atoms with E-state index in [4.69, 9.17) is 14.2 Å². The molecule has 2 rings (SSSR count). The summed E-state index contributed by atoms with van der Waals surface area (Å²) in [7, 11) is 0. The van der Waals surface area contributed by atoms with E-state index in [0.29, 0.717) is 0 Å². The van der Waals surface area contributed by atoms with Crippen LogP contribution in [0.3, 0.4) is 0 Å². The first-order valence-corrected chi connectivity index (χ1v) is 6.45. The summed E-state index contributed by atoms with van der Waals surface area (Å²) in [5, 5.41) is 31.6. The van der Waals surface area contributed by atoms with E-state index in [1.807, 2.05) is 0 Å². The second-order valence-corrected chi connectivity index (χ2v) is 5.64. The predicted molar refractivity (Wildman–Crippen MR) is 65.4 cm³/mol. The zero-order chi connectivity index (χ0) is 15.1. The van der Waals surface area contributed by atoms with Crippen LogP contribution < -0.4 is 5.32 Å². The lowest BCUT2D eigenvalue weighted by molar-refractivity contribution is -0.291. The van der Waals surface area contributed by atoms with Gasteiger partial charge in [0.15, 0.2) is 12.1 Å². The highest BCUT2D eigenvalue weighted by Crippen LogP contribution is 2.41. The van der Waals surface area contributed by atoms with Crippen molar-refractivity contribution < 1.29 is 34.3 Å². The van der Waals surface area contributed by atoms with Crippen LogP contribution in [-0.4, -0.2) is 70.4 Å². The smallest absolute Gasteiger partial charge is 0.217 e. The molecule has 3 unspecified atom stereocenters. The van der Waals surface area contributed by atoms with Crippen molar-refractivity contribution in [2.45, 2.75) is 56.7 Å². The number of ether oxygens (including phenoxy) is 3. The Morgan fingerprint density at radius 2 is 1.80 bits per heavy atom. The molecule has 1 amide bonds. The van der Waals surface area contributed by atoms with Crippen LogP contribution in [0.25, 0.3) is 0 Å². The number of aliphatic hydroxyl groups is 3. The number of aliphatic hydroxyl groups excluding tert-OH is 3. The molecule has 0 aromatic carbocycles. The molecular weight excluding hydrogens is 270 g/mol. The average Bonchev–Trinajstić information content (AvgIpc) is 2.68. The molecule has 8 heteroatoms. The highest BCUT2D eigenvalue weighted by atomic mass is 16.8. The molecular formula is C12H21NO7. The summed E-state index contributed by atoms with van der Waals surface area (Å²) in [4.78, 5) is 11.2. The molecule has 2 fully saturated rings. The minimum Gasteiger partial charge on any atom is -0.393 e. The number of carbonyl (C=O) groups excluding carboxylic acids is 1. The van der Waals surface area contributed by atoms with Crippen LogP contribution >= 0.6 is 0 Å². The summed E-state index contributed by atoms with van der Waals surface area (Å²) in [5.41, 5.74) is -1.48. The average molecular weight is 291 g/mol. The van der Waals surface area contributed by atoms with E-state index in [-0.39, 0.29) is 5.91 Å². The quantitative estimate of drug-likeness (QED) is 0.479. The van der Waals surface area contributed by atoms with Crippen molar-refractivity contribution >= 4 is 5.91 Å². The Hall–Kier alpha value is -0.770. The Morgan fingerprint density at radius 1 is 1.20 bits per heavy atom. The fourth-order valence-electron chi connectivity index (χ4n) is 2.69. The number of carbonyl (C=O) groups is 1. The molecule has 0 spiro atoms. The number of hydrogen-bond donors (Lipinski definition) is 4. The van der Waals surface area contributed by atoms with Crippen molar-refractivity contribution in [1.29, 1.82) is 0 Å². The molecule has 8 nitrogen and oxygen atoms in total. The summed E-state index contributed by atoms with van der Waals surface area (Å²) in [5.74, 6) is -1.33. The minimum absolute atomic E-state index is 0.356. The Morgan fingerprint density at radius 3 is 2.30 bits per heavy atom. The van der Waals surface area contributed by atoms with E-state index in [1.54, 1.807) is 13.8 Å². The second kappa shape index (κ2) is 5.21. The van der Waals surface area contributed by atoms with Crippen molar-refractivity contribution in [3.63, 3.8) is 0 Å². The second-order valence-electron chi connectivity index (χ2n) is 5.64. The first-order valence-electron chi connectivity index (χ1n) is 6.45. The van der Waals surface area contributed by atoms with E-state index >= 15 is 0 Å². The highest BCUT2D eigenvalue weighted by molar-refractivity contribution is 5.73. The maximum atomic E-state index is 11.2. The fourth-order valence-corrected chi connectivity index (χ4v) is 2.69. The van der Waals surface area contributed by atoms with E-state index in [2.05, 4.69) is 5.32 Å². The van der Waals surface area contributed by atoms with Crippen molar-refractivity contribution in [3.8, 4) is 0 Å². The number of amides is 1. The van der Waals surface area contributed by atoms with Crippen LogP contribution in [0.1, 0.15) is 20.8 Å². The SMILES string of the molecule is CC(=O)N[C@@H]1C(O)OC(CO)(CO)C2OC(C)(C)OC21. The zero-order valence-electron chi connectivity index (χ0n) is 11.7. The minimum atomic E-state index is -1.48. The van der Waals surface area contributed by atoms with Gasteiger partial charge in [0, 0.05) is 6.92 Å². The maximum absolute atomic E-state index is 11.2. The third-order valence-corrected chi connectivity index (χ3v) is 3.57. The van der Waals surface area contributed by atoms with Gasteiger partial charge in [0.2, 0.25) is 5.91 Å². The Labute approximate surface area is 116 Å². The summed E-state index contributed by atoms with van der Waals surface area (Å²) in [6, 6.07) is -0.842. The number of nitrogens with one attached hydrogen (secondary N) is 1. The zero-order valence-corrected chi connectivity index (χ0v) is 11.7. The van der Waals surface area contributed by atoms with Gasteiger partial charge in [-0.15, -0.1) is 0 Å². The van der Waals surface area contributed by atoms with Crippen molar-refractivity contribution in [1.82, 2.24) is 5.32 Å². The van der Waals surface area contributed by atoms with Gasteiger partial charge in [0.1, 0.15) is 23.9 Å². The Balaban J connectivity index is 2.33. The van der Waals surface area contributed by atoms with Crippen LogP contribution in [0.15, 0.2) is 0 Å². The lowest BCUT2D eigenvalue weighted by Crippen LogP contribution is -2.69. The molecule has 2 aliphatic rings. The molecule has 0 radical (unpaired) electrons.